The number of urea groups is 1. The zero-order valence-electron chi connectivity index (χ0n) is 15.5. The summed E-state index contributed by atoms with van der Waals surface area (Å²) in [6.07, 6.45) is 5.32. The smallest absolute Gasteiger partial charge is 0.332 e. The average molecular weight is 361 g/mol. The van der Waals surface area contributed by atoms with Crippen molar-refractivity contribution in [3.63, 3.8) is 0 Å². The zero-order chi connectivity index (χ0) is 18.4. The SMILES string of the molecule is CC(C)n1nc2n(c(=O)c1=O)C[C@H]1CCN(C(=O)NC3CCCC3)C[C@@H]21. The van der Waals surface area contributed by atoms with E-state index in [-0.39, 0.29) is 23.9 Å². The van der Waals surface area contributed by atoms with E-state index >= 15 is 0 Å². The molecule has 0 bridgehead atoms. The molecule has 4 rings (SSSR count). The first-order valence-electron chi connectivity index (χ1n) is 9.74. The van der Waals surface area contributed by atoms with Gasteiger partial charge in [0.25, 0.3) is 0 Å². The fourth-order valence-corrected chi connectivity index (χ4v) is 4.59. The highest BCUT2D eigenvalue weighted by Crippen LogP contribution is 2.37. The molecule has 2 atom stereocenters. The van der Waals surface area contributed by atoms with Crippen LogP contribution < -0.4 is 16.4 Å². The standard InChI is InChI=1S/C18H27N5O3/c1-11(2)23-17(25)16(24)22-9-12-7-8-21(10-14(12)15(22)20-23)18(26)19-13-5-3-4-6-13/h11-14H,3-10H2,1-2H3,(H,19,26)/t12-,14-/m1/s1. The Labute approximate surface area is 152 Å². The van der Waals surface area contributed by atoms with Crippen LogP contribution in [0.2, 0.25) is 0 Å². The van der Waals surface area contributed by atoms with Gasteiger partial charge in [0.05, 0.1) is 6.04 Å². The highest BCUT2D eigenvalue weighted by molar-refractivity contribution is 5.74. The quantitative estimate of drug-likeness (QED) is 0.798. The molecular formula is C18H27N5O3. The maximum atomic E-state index is 12.6. The Morgan fingerprint density at radius 2 is 1.85 bits per heavy atom. The molecule has 1 aliphatic carbocycles. The third kappa shape index (κ3) is 2.85. The van der Waals surface area contributed by atoms with Gasteiger partial charge in [-0.3, -0.25) is 14.2 Å². The van der Waals surface area contributed by atoms with Crippen molar-refractivity contribution in [1.29, 1.82) is 0 Å². The number of hydrogen-bond donors (Lipinski definition) is 1. The van der Waals surface area contributed by atoms with Crippen LogP contribution >= 0.6 is 0 Å². The molecule has 1 saturated heterocycles. The van der Waals surface area contributed by atoms with Gasteiger partial charge in [0.15, 0.2) is 0 Å². The molecule has 1 N–H and O–H groups in total. The first-order valence-corrected chi connectivity index (χ1v) is 9.74. The number of rotatable bonds is 2. The second-order valence-corrected chi connectivity index (χ2v) is 8.15. The van der Waals surface area contributed by atoms with Gasteiger partial charge in [-0.05, 0) is 39.0 Å². The number of aromatic nitrogens is 3. The molecule has 0 unspecified atom stereocenters. The van der Waals surface area contributed by atoms with Crippen LogP contribution in [0.3, 0.4) is 0 Å². The summed E-state index contributed by atoms with van der Waals surface area (Å²) in [7, 11) is 0. The Kier molecular flexibility index (Phi) is 4.36. The molecule has 2 fully saturated rings. The summed E-state index contributed by atoms with van der Waals surface area (Å²) in [4.78, 5) is 39.2. The van der Waals surface area contributed by atoms with Crippen LogP contribution in [0.1, 0.15) is 63.7 Å². The van der Waals surface area contributed by atoms with Crippen molar-refractivity contribution in [2.24, 2.45) is 5.92 Å². The molecule has 3 aliphatic rings. The van der Waals surface area contributed by atoms with Crippen molar-refractivity contribution in [2.45, 2.75) is 70.5 Å². The van der Waals surface area contributed by atoms with Crippen LogP contribution in [-0.2, 0) is 6.54 Å². The lowest BCUT2D eigenvalue weighted by Crippen LogP contribution is -2.49. The molecule has 0 radical (unpaired) electrons. The lowest BCUT2D eigenvalue weighted by molar-refractivity contribution is 0.157. The molecule has 26 heavy (non-hydrogen) atoms. The van der Waals surface area contributed by atoms with E-state index < -0.39 is 11.1 Å². The molecule has 2 aliphatic heterocycles. The molecule has 2 amide bonds. The van der Waals surface area contributed by atoms with Crippen LogP contribution in [0.5, 0.6) is 0 Å². The van der Waals surface area contributed by atoms with Crippen molar-refractivity contribution >= 4 is 6.03 Å². The molecule has 1 saturated carbocycles. The van der Waals surface area contributed by atoms with Gasteiger partial charge in [-0.15, -0.1) is 0 Å². The van der Waals surface area contributed by atoms with E-state index in [1.165, 1.54) is 22.1 Å². The third-order valence-electron chi connectivity index (χ3n) is 6.09. The number of nitrogens with one attached hydrogen (secondary N) is 1. The minimum Gasteiger partial charge on any atom is -0.335 e. The third-order valence-corrected chi connectivity index (χ3v) is 6.09. The predicted octanol–water partition coefficient (Wildman–Crippen LogP) is 1.06. The van der Waals surface area contributed by atoms with Crippen molar-refractivity contribution in [3.8, 4) is 0 Å². The zero-order valence-corrected chi connectivity index (χ0v) is 15.5. The lowest BCUT2D eigenvalue weighted by atomic mass is 9.88. The molecule has 1 aromatic heterocycles. The molecule has 8 nitrogen and oxygen atoms in total. The molecule has 1 aromatic rings. The Morgan fingerprint density at radius 3 is 2.54 bits per heavy atom. The Morgan fingerprint density at radius 1 is 1.12 bits per heavy atom. The van der Waals surface area contributed by atoms with Crippen LogP contribution in [0.25, 0.3) is 0 Å². The fraction of sp³-hybridized carbons (Fsp3) is 0.778. The number of nitrogens with zero attached hydrogens (tertiary/aromatic N) is 4. The second-order valence-electron chi connectivity index (χ2n) is 8.15. The summed E-state index contributed by atoms with van der Waals surface area (Å²) in [5.41, 5.74) is -1.04. The summed E-state index contributed by atoms with van der Waals surface area (Å²) >= 11 is 0. The summed E-state index contributed by atoms with van der Waals surface area (Å²) in [5, 5.41) is 7.65. The van der Waals surface area contributed by atoms with Crippen molar-refractivity contribution < 1.29 is 4.79 Å². The van der Waals surface area contributed by atoms with E-state index in [4.69, 9.17) is 0 Å². The van der Waals surface area contributed by atoms with Crippen LogP contribution in [0.4, 0.5) is 4.79 Å². The molecule has 142 valence electrons. The molecule has 0 aromatic carbocycles. The van der Waals surface area contributed by atoms with Crippen LogP contribution in [-0.4, -0.2) is 44.4 Å². The van der Waals surface area contributed by atoms with Gasteiger partial charge in [0.2, 0.25) is 0 Å². The highest BCUT2D eigenvalue weighted by Gasteiger charge is 2.41. The minimum absolute atomic E-state index is 0.00618. The van der Waals surface area contributed by atoms with Gasteiger partial charge >= 0.3 is 17.1 Å². The van der Waals surface area contributed by atoms with Crippen molar-refractivity contribution in [2.75, 3.05) is 13.1 Å². The van der Waals surface area contributed by atoms with Gasteiger partial charge in [0, 0.05) is 31.6 Å². The van der Waals surface area contributed by atoms with Crippen LogP contribution in [0, 0.1) is 5.92 Å². The normalized spacial score (nSPS) is 25.4. The Balaban J connectivity index is 1.57. The maximum Gasteiger partial charge on any atom is 0.332 e. The summed E-state index contributed by atoms with van der Waals surface area (Å²) < 4.78 is 2.82. The van der Waals surface area contributed by atoms with Gasteiger partial charge in [-0.2, -0.15) is 5.10 Å². The maximum absolute atomic E-state index is 12.6. The molecule has 0 spiro atoms. The van der Waals surface area contributed by atoms with Crippen molar-refractivity contribution in [1.82, 2.24) is 24.6 Å². The number of likely N-dealkylation sites (tertiary alicyclic amines) is 1. The van der Waals surface area contributed by atoms with Crippen LogP contribution in [0.15, 0.2) is 9.59 Å². The highest BCUT2D eigenvalue weighted by atomic mass is 16.2. The summed E-state index contributed by atoms with van der Waals surface area (Å²) in [5.74, 6) is 0.955. The monoisotopic (exact) mass is 361 g/mol. The number of carbonyl (C=O) groups excluding carboxylic acids is 1. The van der Waals surface area contributed by atoms with E-state index in [9.17, 15) is 14.4 Å². The molecule has 8 heteroatoms. The molecule has 3 heterocycles. The Bertz CT molecular complexity index is 821. The lowest BCUT2D eigenvalue weighted by Gasteiger charge is -2.34. The number of fused-ring (bicyclic) bond motifs is 3. The first-order chi connectivity index (χ1) is 12.5. The van der Waals surface area contributed by atoms with Crippen molar-refractivity contribution in [3.05, 3.63) is 26.5 Å². The Hall–Kier alpha value is -2.12. The van der Waals surface area contributed by atoms with Gasteiger partial charge in [0.1, 0.15) is 5.82 Å². The predicted molar refractivity (Wildman–Crippen MR) is 96.4 cm³/mol. The topological polar surface area (TPSA) is 89.2 Å². The van der Waals surface area contributed by atoms with Gasteiger partial charge in [-0.1, -0.05) is 12.8 Å². The van der Waals surface area contributed by atoms with Gasteiger partial charge in [-0.25, -0.2) is 9.48 Å². The number of hydrogen-bond acceptors (Lipinski definition) is 4. The number of carbonyl (C=O) groups is 1. The van der Waals surface area contributed by atoms with E-state index in [1.54, 1.807) is 0 Å². The summed E-state index contributed by atoms with van der Waals surface area (Å²) in [6, 6.07) is 0.127. The first kappa shape index (κ1) is 17.3. The molecular weight excluding hydrogens is 334 g/mol. The summed E-state index contributed by atoms with van der Waals surface area (Å²) in [6.45, 7) is 5.49. The number of piperidine rings is 1. The number of amides is 2. The van der Waals surface area contributed by atoms with E-state index in [1.807, 2.05) is 18.7 Å². The van der Waals surface area contributed by atoms with E-state index in [0.717, 1.165) is 19.3 Å². The largest absolute Gasteiger partial charge is 0.335 e. The average Bonchev–Trinajstić information content (AvgIpc) is 3.24. The van der Waals surface area contributed by atoms with E-state index in [2.05, 4.69) is 10.4 Å². The van der Waals surface area contributed by atoms with E-state index in [0.29, 0.717) is 31.5 Å². The fourth-order valence-electron chi connectivity index (χ4n) is 4.59. The van der Waals surface area contributed by atoms with Gasteiger partial charge < -0.3 is 10.2 Å². The second kappa shape index (κ2) is 6.55. The minimum atomic E-state index is -0.557.